The molecule has 3 aromatic heterocycles. The molecule has 3 aliphatic rings. The quantitative estimate of drug-likeness (QED) is 0.247. The second kappa shape index (κ2) is 10.6. The minimum absolute atomic E-state index is 0.0879. The van der Waals surface area contributed by atoms with Gasteiger partial charge in [-0.1, -0.05) is 0 Å². The minimum atomic E-state index is -1.52. The van der Waals surface area contributed by atoms with E-state index in [0.717, 1.165) is 28.8 Å². The average molecular weight is 566 g/mol. The monoisotopic (exact) mass is 565 g/mol. The van der Waals surface area contributed by atoms with Crippen LogP contribution in [-0.4, -0.2) is 72.7 Å². The molecule has 40 heavy (non-hydrogen) atoms. The van der Waals surface area contributed by atoms with Gasteiger partial charge in [0, 0.05) is 18.8 Å². The first kappa shape index (κ1) is 27.0. The summed E-state index contributed by atoms with van der Waals surface area (Å²) in [4.78, 5) is 44.2. The summed E-state index contributed by atoms with van der Waals surface area (Å²) >= 11 is 1.50. The van der Waals surface area contributed by atoms with Crippen LogP contribution in [0.1, 0.15) is 50.4 Å². The molecule has 5 atom stereocenters. The molecule has 0 radical (unpaired) electrons. The van der Waals surface area contributed by atoms with Crippen LogP contribution >= 0.6 is 11.3 Å². The molecule has 5 N–H and O–H groups in total. The van der Waals surface area contributed by atoms with Gasteiger partial charge in [-0.2, -0.15) is 4.98 Å². The second-order valence-corrected chi connectivity index (χ2v) is 12.5. The van der Waals surface area contributed by atoms with E-state index >= 15 is 0 Å². The lowest BCUT2D eigenvalue weighted by Gasteiger charge is -2.21. The first-order valence-electron chi connectivity index (χ1n) is 14.0. The van der Waals surface area contributed by atoms with Gasteiger partial charge in [0.15, 0.2) is 5.78 Å². The summed E-state index contributed by atoms with van der Waals surface area (Å²) in [6, 6.07) is 1.38. The molecule has 12 heteroatoms. The first-order chi connectivity index (χ1) is 19.2. The van der Waals surface area contributed by atoms with Crippen LogP contribution in [0, 0.1) is 31.6 Å². The molecular formula is C28H35N7O4S. The van der Waals surface area contributed by atoms with E-state index in [9.17, 15) is 19.8 Å². The Morgan fingerprint density at radius 2 is 1.93 bits per heavy atom. The maximum absolute atomic E-state index is 13.0. The van der Waals surface area contributed by atoms with Gasteiger partial charge >= 0.3 is 0 Å². The molecule has 3 aromatic rings. The lowest BCUT2D eigenvalue weighted by atomic mass is 9.98. The van der Waals surface area contributed by atoms with Crippen LogP contribution in [0.5, 0.6) is 0 Å². The number of nitrogens with zero attached hydrogens (tertiary/aromatic N) is 4. The number of carbonyl (C=O) groups is 2. The number of anilines is 2. The molecule has 0 spiro atoms. The SMILES string of the molecule is Cc1nc(N[C@H](C)C2CC2)nc(NC2C[C@H](C(O)C(=O)NCC3CC3)C(=O)[C@H]2O)c1-c1nc2c(C)nccc2s1. The molecule has 3 fully saturated rings. The Balaban J connectivity index is 1.30. The number of aromatic nitrogens is 4. The molecule has 3 aliphatic carbocycles. The zero-order valence-corrected chi connectivity index (χ0v) is 23.7. The summed E-state index contributed by atoms with van der Waals surface area (Å²) in [5.74, 6) is -0.215. The highest BCUT2D eigenvalue weighted by molar-refractivity contribution is 7.21. The first-order valence-corrected chi connectivity index (χ1v) is 14.8. The Labute approximate surface area is 236 Å². The zero-order valence-electron chi connectivity index (χ0n) is 22.8. The fourth-order valence-corrected chi connectivity index (χ4v) is 6.50. The third-order valence-corrected chi connectivity index (χ3v) is 9.30. The zero-order chi connectivity index (χ0) is 28.1. The molecule has 3 saturated carbocycles. The van der Waals surface area contributed by atoms with Gasteiger partial charge in [0.2, 0.25) is 11.9 Å². The Morgan fingerprint density at radius 3 is 2.62 bits per heavy atom. The summed E-state index contributed by atoms with van der Waals surface area (Å²) < 4.78 is 0.980. The van der Waals surface area contributed by atoms with Gasteiger partial charge in [-0.15, -0.1) is 11.3 Å². The van der Waals surface area contributed by atoms with Crippen molar-refractivity contribution in [3.8, 4) is 10.6 Å². The molecule has 6 rings (SSSR count). The summed E-state index contributed by atoms with van der Waals surface area (Å²) in [6.45, 7) is 6.41. The number of thiazole rings is 1. The number of hydrogen-bond acceptors (Lipinski definition) is 11. The van der Waals surface area contributed by atoms with Gasteiger partial charge in [0.1, 0.15) is 28.6 Å². The van der Waals surface area contributed by atoms with E-state index in [1.165, 1.54) is 24.2 Å². The number of aliphatic hydroxyl groups is 2. The predicted octanol–water partition coefficient (Wildman–Crippen LogP) is 2.59. The third kappa shape index (κ3) is 5.39. The Morgan fingerprint density at radius 1 is 1.15 bits per heavy atom. The predicted molar refractivity (Wildman–Crippen MR) is 152 cm³/mol. The lowest BCUT2D eigenvalue weighted by Crippen LogP contribution is -2.42. The van der Waals surface area contributed by atoms with Gasteiger partial charge in [-0.05, 0) is 70.8 Å². The maximum Gasteiger partial charge on any atom is 0.249 e. The number of hydrogen-bond donors (Lipinski definition) is 5. The van der Waals surface area contributed by atoms with E-state index in [-0.39, 0.29) is 12.5 Å². The van der Waals surface area contributed by atoms with Gasteiger partial charge in [0.05, 0.1) is 33.6 Å². The van der Waals surface area contributed by atoms with Crippen LogP contribution < -0.4 is 16.0 Å². The summed E-state index contributed by atoms with van der Waals surface area (Å²) in [7, 11) is 0. The second-order valence-electron chi connectivity index (χ2n) is 11.5. The van der Waals surface area contributed by atoms with E-state index in [0.29, 0.717) is 46.4 Å². The van der Waals surface area contributed by atoms with Crippen molar-refractivity contribution in [3.63, 3.8) is 0 Å². The highest BCUT2D eigenvalue weighted by Crippen LogP contribution is 2.39. The van der Waals surface area contributed by atoms with Crippen molar-refractivity contribution in [1.29, 1.82) is 0 Å². The molecule has 11 nitrogen and oxygen atoms in total. The number of carbonyl (C=O) groups excluding carboxylic acids is 2. The van der Waals surface area contributed by atoms with Gasteiger partial charge in [0.25, 0.3) is 0 Å². The van der Waals surface area contributed by atoms with Crippen LogP contribution in [0.3, 0.4) is 0 Å². The van der Waals surface area contributed by atoms with Crippen LogP contribution in [0.2, 0.25) is 0 Å². The summed E-state index contributed by atoms with van der Waals surface area (Å²) in [6.07, 6.45) is 3.38. The van der Waals surface area contributed by atoms with E-state index < -0.39 is 35.9 Å². The molecule has 0 aromatic carbocycles. The number of aliphatic hydroxyl groups excluding tert-OH is 2. The number of ketones is 1. The number of pyridine rings is 1. The topological polar surface area (TPSA) is 162 Å². The Bertz CT molecular complexity index is 1450. The molecule has 212 valence electrons. The van der Waals surface area contributed by atoms with Crippen molar-refractivity contribution in [3.05, 3.63) is 23.7 Å². The van der Waals surface area contributed by atoms with E-state index in [1.807, 2.05) is 19.9 Å². The minimum Gasteiger partial charge on any atom is -0.383 e. The van der Waals surface area contributed by atoms with Crippen molar-refractivity contribution >= 4 is 45.0 Å². The standard InChI is InChI=1S/C28H35N7O4S/c1-12(16-6-7-16)31-28-32-13(2)20(27-34-21-14(3)29-9-8-19(21)40-27)25(35-28)33-18-10-17(22(36)24(18)38)23(37)26(39)30-11-15-4-5-15/h8-9,12,15-18,23-24,37-38H,4-7,10-11H2,1-3H3,(H,30,39)(H2,31,32,33,35)/t12-,17+,18?,23?,24+/m1/s1. The van der Waals surface area contributed by atoms with Crippen LogP contribution in [0.15, 0.2) is 12.3 Å². The Kier molecular flexibility index (Phi) is 7.18. The fourth-order valence-electron chi connectivity index (χ4n) is 5.39. The largest absolute Gasteiger partial charge is 0.383 e. The van der Waals surface area contributed by atoms with Crippen molar-refractivity contribution in [1.82, 2.24) is 25.3 Å². The number of nitrogens with one attached hydrogen (secondary N) is 3. The molecular weight excluding hydrogens is 530 g/mol. The Hall–Kier alpha value is -3.22. The van der Waals surface area contributed by atoms with Crippen LogP contribution in [-0.2, 0) is 9.59 Å². The molecule has 2 unspecified atom stereocenters. The number of amides is 1. The van der Waals surface area contributed by atoms with Crippen molar-refractivity contribution in [2.75, 3.05) is 17.2 Å². The van der Waals surface area contributed by atoms with E-state index in [1.54, 1.807) is 6.20 Å². The van der Waals surface area contributed by atoms with Gasteiger partial charge in [-0.25, -0.2) is 9.97 Å². The number of Topliss-reactive ketones (excluding diaryl/α,β-unsaturated/α-hetero) is 1. The molecule has 3 heterocycles. The summed E-state index contributed by atoms with van der Waals surface area (Å²) in [5, 5.41) is 31.7. The number of aryl methyl sites for hydroxylation is 2. The highest BCUT2D eigenvalue weighted by Gasteiger charge is 2.47. The normalized spacial score (nSPS) is 24.2. The maximum atomic E-state index is 13.0. The summed E-state index contributed by atoms with van der Waals surface area (Å²) in [5.41, 5.74) is 2.99. The molecule has 1 amide bonds. The number of fused-ring (bicyclic) bond motifs is 1. The molecule has 0 saturated heterocycles. The van der Waals surface area contributed by atoms with Crippen molar-refractivity contribution < 1.29 is 19.8 Å². The molecule has 0 bridgehead atoms. The third-order valence-electron chi connectivity index (χ3n) is 8.26. The fraction of sp³-hybridized carbons (Fsp3) is 0.571. The highest BCUT2D eigenvalue weighted by atomic mass is 32.1. The van der Waals surface area contributed by atoms with Crippen molar-refractivity contribution in [2.45, 2.75) is 77.2 Å². The smallest absolute Gasteiger partial charge is 0.249 e. The average Bonchev–Trinajstić information content (AvgIpc) is 3.85. The van der Waals surface area contributed by atoms with E-state index in [4.69, 9.17) is 15.0 Å². The molecule has 0 aliphatic heterocycles. The number of rotatable bonds is 10. The lowest BCUT2D eigenvalue weighted by molar-refractivity contribution is -0.139. The van der Waals surface area contributed by atoms with Crippen LogP contribution in [0.25, 0.3) is 20.8 Å². The van der Waals surface area contributed by atoms with Gasteiger partial charge < -0.3 is 26.2 Å². The van der Waals surface area contributed by atoms with Crippen LogP contribution in [0.4, 0.5) is 11.8 Å². The van der Waals surface area contributed by atoms with E-state index in [2.05, 4.69) is 27.9 Å². The van der Waals surface area contributed by atoms with Gasteiger partial charge in [-0.3, -0.25) is 14.6 Å². The van der Waals surface area contributed by atoms with Crippen molar-refractivity contribution in [2.24, 2.45) is 17.8 Å².